The first-order chi connectivity index (χ1) is 8.50. The molecular formula is C14H20N2O2. The SMILES string of the molecule is CC(N)(CCN1CCCc2ccccc21)C(=O)O. The second-order valence-corrected chi connectivity index (χ2v) is 5.19. The van der Waals surface area contributed by atoms with Crippen LogP contribution in [0, 0.1) is 0 Å². The number of carboxylic acid groups (broad SMARTS) is 1. The van der Waals surface area contributed by atoms with E-state index in [9.17, 15) is 4.79 Å². The summed E-state index contributed by atoms with van der Waals surface area (Å²) in [5.74, 6) is -0.937. The minimum Gasteiger partial charge on any atom is -0.480 e. The number of hydrogen-bond donors (Lipinski definition) is 2. The van der Waals surface area contributed by atoms with Crippen molar-refractivity contribution in [3.8, 4) is 0 Å². The Hall–Kier alpha value is -1.55. The van der Waals surface area contributed by atoms with Gasteiger partial charge in [-0.3, -0.25) is 4.79 Å². The topological polar surface area (TPSA) is 66.6 Å². The predicted octanol–water partition coefficient (Wildman–Crippen LogP) is 1.63. The lowest BCUT2D eigenvalue weighted by atomic mass is 9.97. The van der Waals surface area contributed by atoms with E-state index in [1.165, 1.54) is 11.3 Å². The number of aliphatic carboxylic acids is 1. The van der Waals surface area contributed by atoms with E-state index in [4.69, 9.17) is 10.8 Å². The van der Waals surface area contributed by atoms with E-state index in [2.05, 4.69) is 17.0 Å². The Morgan fingerprint density at radius 3 is 2.94 bits per heavy atom. The van der Waals surface area contributed by atoms with Crippen LogP contribution in [-0.2, 0) is 11.2 Å². The van der Waals surface area contributed by atoms with Gasteiger partial charge in [0.05, 0.1) is 0 Å². The van der Waals surface area contributed by atoms with Crippen LogP contribution in [0.1, 0.15) is 25.3 Å². The van der Waals surface area contributed by atoms with Crippen molar-refractivity contribution >= 4 is 11.7 Å². The summed E-state index contributed by atoms with van der Waals surface area (Å²) < 4.78 is 0. The first kappa shape index (κ1) is 12.9. The second kappa shape index (κ2) is 4.98. The molecule has 0 fully saturated rings. The molecule has 0 aromatic heterocycles. The number of aryl methyl sites for hydroxylation is 1. The summed E-state index contributed by atoms with van der Waals surface area (Å²) in [6.45, 7) is 3.24. The fraction of sp³-hybridized carbons (Fsp3) is 0.500. The van der Waals surface area contributed by atoms with E-state index in [0.717, 1.165) is 19.4 Å². The van der Waals surface area contributed by atoms with Crippen LogP contribution in [0.2, 0.25) is 0 Å². The zero-order valence-corrected chi connectivity index (χ0v) is 10.7. The van der Waals surface area contributed by atoms with E-state index in [1.54, 1.807) is 6.92 Å². The highest BCUT2D eigenvalue weighted by Gasteiger charge is 2.29. The molecule has 1 aliphatic rings. The maximum absolute atomic E-state index is 11.0. The van der Waals surface area contributed by atoms with Crippen molar-refractivity contribution in [1.29, 1.82) is 0 Å². The van der Waals surface area contributed by atoms with Gasteiger partial charge in [-0.2, -0.15) is 0 Å². The number of nitrogens with two attached hydrogens (primary N) is 1. The molecule has 1 aromatic rings. The molecule has 4 nitrogen and oxygen atoms in total. The minimum absolute atomic E-state index is 0.455. The third-order valence-electron chi connectivity index (χ3n) is 3.60. The molecule has 3 N–H and O–H groups in total. The number of benzene rings is 1. The fourth-order valence-electron chi connectivity index (χ4n) is 2.32. The Morgan fingerprint density at radius 1 is 1.50 bits per heavy atom. The van der Waals surface area contributed by atoms with Crippen molar-refractivity contribution in [3.05, 3.63) is 29.8 Å². The summed E-state index contributed by atoms with van der Waals surface area (Å²) in [6.07, 6.45) is 2.67. The maximum atomic E-state index is 11.0. The lowest BCUT2D eigenvalue weighted by molar-refractivity contribution is -0.142. The Morgan fingerprint density at radius 2 is 2.22 bits per heavy atom. The highest BCUT2D eigenvalue weighted by atomic mass is 16.4. The maximum Gasteiger partial charge on any atom is 0.323 e. The minimum atomic E-state index is -1.15. The number of nitrogens with zero attached hydrogens (tertiary/aromatic N) is 1. The Balaban J connectivity index is 2.06. The number of fused-ring (bicyclic) bond motifs is 1. The third kappa shape index (κ3) is 2.64. The molecule has 18 heavy (non-hydrogen) atoms. The van der Waals surface area contributed by atoms with Crippen molar-refractivity contribution in [2.24, 2.45) is 5.73 Å². The van der Waals surface area contributed by atoms with Gasteiger partial charge in [-0.1, -0.05) is 18.2 Å². The van der Waals surface area contributed by atoms with E-state index in [0.29, 0.717) is 13.0 Å². The van der Waals surface area contributed by atoms with Crippen LogP contribution in [0.3, 0.4) is 0 Å². The van der Waals surface area contributed by atoms with E-state index >= 15 is 0 Å². The van der Waals surface area contributed by atoms with Crippen LogP contribution in [-0.4, -0.2) is 29.7 Å². The monoisotopic (exact) mass is 248 g/mol. The molecule has 0 saturated heterocycles. The Bertz CT molecular complexity index is 443. The van der Waals surface area contributed by atoms with E-state index in [1.807, 2.05) is 12.1 Å². The quantitative estimate of drug-likeness (QED) is 0.850. The molecule has 2 rings (SSSR count). The lowest BCUT2D eigenvalue weighted by Crippen LogP contribution is -2.47. The van der Waals surface area contributed by atoms with Gasteiger partial charge >= 0.3 is 5.97 Å². The molecule has 4 heteroatoms. The molecule has 1 heterocycles. The molecule has 0 bridgehead atoms. The highest BCUT2D eigenvalue weighted by molar-refractivity contribution is 5.77. The summed E-state index contributed by atoms with van der Waals surface area (Å²) in [5, 5.41) is 9.02. The first-order valence-electron chi connectivity index (χ1n) is 6.36. The molecule has 1 atom stereocenters. The second-order valence-electron chi connectivity index (χ2n) is 5.19. The zero-order chi connectivity index (χ0) is 13.2. The molecule has 1 unspecified atom stereocenters. The molecule has 0 amide bonds. The number of carbonyl (C=O) groups is 1. The number of carboxylic acids is 1. The largest absolute Gasteiger partial charge is 0.480 e. The van der Waals surface area contributed by atoms with E-state index in [-0.39, 0.29) is 0 Å². The summed E-state index contributed by atoms with van der Waals surface area (Å²) in [6, 6.07) is 8.31. The van der Waals surface area contributed by atoms with Gasteiger partial charge in [0.25, 0.3) is 0 Å². The van der Waals surface area contributed by atoms with Gasteiger partial charge in [0.1, 0.15) is 5.54 Å². The van der Waals surface area contributed by atoms with Gasteiger partial charge in [0, 0.05) is 18.8 Å². The lowest BCUT2D eigenvalue weighted by Gasteiger charge is -2.33. The Labute approximate surface area is 107 Å². The van der Waals surface area contributed by atoms with Crippen LogP contribution >= 0.6 is 0 Å². The van der Waals surface area contributed by atoms with Gasteiger partial charge in [0.2, 0.25) is 0 Å². The average molecular weight is 248 g/mol. The molecule has 0 spiro atoms. The summed E-state index contributed by atoms with van der Waals surface area (Å²) in [7, 11) is 0. The Kier molecular flexibility index (Phi) is 3.57. The molecule has 0 saturated carbocycles. The average Bonchev–Trinajstić information content (AvgIpc) is 2.36. The van der Waals surface area contributed by atoms with E-state index < -0.39 is 11.5 Å². The van der Waals surface area contributed by atoms with Gasteiger partial charge in [-0.25, -0.2) is 0 Å². The van der Waals surface area contributed by atoms with Crippen LogP contribution in [0.15, 0.2) is 24.3 Å². The van der Waals surface area contributed by atoms with Crippen LogP contribution in [0.4, 0.5) is 5.69 Å². The number of rotatable bonds is 4. The molecule has 1 aliphatic heterocycles. The standard InChI is InChI=1S/C14H20N2O2/c1-14(15,13(17)18)8-10-16-9-4-6-11-5-2-3-7-12(11)16/h2-3,5,7H,4,6,8-10,15H2,1H3,(H,17,18). The number of hydrogen-bond acceptors (Lipinski definition) is 3. The van der Waals surface area contributed by atoms with Crippen molar-refractivity contribution in [2.75, 3.05) is 18.0 Å². The summed E-state index contributed by atoms with van der Waals surface area (Å²) in [4.78, 5) is 13.2. The normalized spacial score (nSPS) is 18.0. The van der Waals surface area contributed by atoms with Crippen molar-refractivity contribution in [3.63, 3.8) is 0 Å². The smallest absolute Gasteiger partial charge is 0.323 e. The molecule has 0 aliphatic carbocycles. The third-order valence-corrected chi connectivity index (χ3v) is 3.60. The fourth-order valence-corrected chi connectivity index (χ4v) is 2.32. The van der Waals surface area contributed by atoms with Gasteiger partial charge in [0.15, 0.2) is 0 Å². The molecule has 0 radical (unpaired) electrons. The van der Waals surface area contributed by atoms with Crippen molar-refractivity contribution in [2.45, 2.75) is 31.7 Å². The van der Waals surface area contributed by atoms with Crippen molar-refractivity contribution in [1.82, 2.24) is 0 Å². The van der Waals surface area contributed by atoms with Crippen LogP contribution < -0.4 is 10.6 Å². The predicted molar refractivity (Wildman–Crippen MR) is 71.8 cm³/mol. The number of anilines is 1. The van der Waals surface area contributed by atoms with Crippen LogP contribution in [0.25, 0.3) is 0 Å². The number of para-hydroxylation sites is 1. The molecular weight excluding hydrogens is 228 g/mol. The van der Waals surface area contributed by atoms with Crippen LogP contribution in [0.5, 0.6) is 0 Å². The highest BCUT2D eigenvalue weighted by Crippen LogP contribution is 2.27. The first-order valence-corrected chi connectivity index (χ1v) is 6.36. The summed E-state index contributed by atoms with van der Waals surface area (Å²) in [5.41, 5.74) is 7.20. The summed E-state index contributed by atoms with van der Waals surface area (Å²) >= 11 is 0. The molecule has 98 valence electrons. The van der Waals surface area contributed by atoms with Gasteiger partial charge < -0.3 is 15.7 Å². The van der Waals surface area contributed by atoms with Gasteiger partial charge in [-0.05, 0) is 37.8 Å². The zero-order valence-electron chi connectivity index (χ0n) is 10.7. The van der Waals surface area contributed by atoms with Crippen molar-refractivity contribution < 1.29 is 9.90 Å². The molecule has 1 aromatic carbocycles. The van der Waals surface area contributed by atoms with Gasteiger partial charge in [-0.15, -0.1) is 0 Å².